The molecule has 2 atom stereocenters. The molecule has 3 nitrogen and oxygen atoms in total. The third-order valence-corrected chi connectivity index (χ3v) is 3.46. The number of hydrogen-bond donors (Lipinski definition) is 1. The van der Waals surface area contributed by atoms with Crippen LogP contribution in [-0.4, -0.2) is 36.0 Å². The maximum atomic E-state index is 12.5. The molecule has 1 fully saturated rings. The van der Waals surface area contributed by atoms with Gasteiger partial charge in [-0.2, -0.15) is 0 Å². The fraction of sp³-hybridized carbons (Fsp3) is 0.533. The Bertz CT molecular complexity index is 446. The van der Waals surface area contributed by atoms with Crippen LogP contribution in [0.2, 0.25) is 0 Å². The molecular weight excluding hydrogens is 224 g/mol. The van der Waals surface area contributed by atoms with E-state index in [1.165, 1.54) is 5.56 Å². The Morgan fingerprint density at radius 3 is 2.39 bits per heavy atom. The maximum Gasteiger partial charge on any atom is 0.254 e. The van der Waals surface area contributed by atoms with E-state index in [0.29, 0.717) is 12.1 Å². The monoisotopic (exact) mass is 246 g/mol. The van der Waals surface area contributed by atoms with Gasteiger partial charge in [0.1, 0.15) is 0 Å². The van der Waals surface area contributed by atoms with Gasteiger partial charge in [-0.05, 0) is 39.3 Å². The Morgan fingerprint density at radius 2 is 1.83 bits per heavy atom. The minimum absolute atomic E-state index is 0.160. The highest BCUT2D eigenvalue weighted by molar-refractivity contribution is 5.95. The minimum Gasteiger partial charge on any atom is -0.336 e. The molecule has 98 valence electrons. The van der Waals surface area contributed by atoms with Gasteiger partial charge < -0.3 is 10.2 Å². The molecule has 0 radical (unpaired) electrons. The Labute approximate surface area is 109 Å². The van der Waals surface area contributed by atoms with E-state index < -0.39 is 0 Å². The van der Waals surface area contributed by atoms with Crippen LogP contribution in [0.3, 0.4) is 0 Å². The highest BCUT2D eigenvalue weighted by atomic mass is 16.2. The lowest BCUT2D eigenvalue weighted by atomic mass is 10.0. The van der Waals surface area contributed by atoms with Crippen molar-refractivity contribution in [3.05, 3.63) is 34.9 Å². The highest BCUT2D eigenvalue weighted by Crippen LogP contribution is 2.15. The smallest absolute Gasteiger partial charge is 0.254 e. The average Bonchev–Trinajstić information content (AvgIpc) is 2.26. The van der Waals surface area contributed by atoms with E-state index in [-0.39, 0.29) is 5.91 Å². The Balaban J connectivity index is 2.20. The van der Waals surface area contributed by atoms with Gasteiger partial charge in [-0.3, -0.25) is 4.79 Å². The molecule has 0 aromatic heterocycles. The van der Waals surface area contributed by atoms with E-state index in [9.17, 15) is 4.79 Å². The van der Waals surface area contributed by atoms with Crippen LogP contribution in [0.4, 0.5) is 0 Å². The van der Waals surface area contributed by atoms with E-state index in [2.05, 4.69) is 32.2 Å². The van der Waals surface area contributed by atoms with Crippen LogP contribution in [0, 0.1) is 13.8 Å². The summed E-state index contributed by atoms with van der Waals surface area (Å²) >= 11 is 0. The molecule has 18 heavy (non-hydrogen) atoms. The first-order valence-electron chi connectivity index (χ1n) is 6.60. The molecular formula is C15H22N2O. The number of amides is 1. The van der Waals surface area contributed by atoms with Crippen molar-refractivity contribution in [2.24, 2.45) is 0 Å². The Morgan fingerprint density at radius 1 is 1.22 bits per heavy atom. The van der Waals surface area contributed by atoms with Crippen LogP contribution in [0.25, 0.3) is 0 Å². The third-order valence-electron chi connectivity index (χ3n) is 3.46. The second-order valence-electron chi connectivity index (χ2n) is 5.50. The first-order valence-corrected chi connectivity index (χ1v) is 6.60. The molecule has 1 saturated heterocycles. The van der Waals surface area contributed by atoms with Gasteiger partial charge in [0.2, 0.25) is 0 Å². The number of hydrogen-bond acceptors (Lipinski definition) is 2. The summed E-state index contributed by atoms with van der Waals surface area (Å²) < 4.78 is 0. The molecule has 0 aliphatic carbocycles. The number of nitrogens with one attached hydrogen (secondary N) is 1. The van der Waals surface area contributed by atoms with E-state index in [1.807, 2.05) is 24.0 Å². The van der Waals surface area contributed by atoms with Crippen molar-refractivity contribution in [3.8, 4) is 0 Å². The summed E-state index contributed by atoms with van der Waals surface area (Å²) in [7, 11) is 0. The summed E-state index contributed by atoms with van der Waals surface area (Å²) in [6, 6.07) is 6.76. The summed E-state index contributed by atoms with van der Waals surface area (Å²) in [5.41, 5.74) is 3.10. The number of piperazine rings is 1. The van der Waals surface area contributed by atoms with Crippen LogP contribution in [-0.2, 0) is 0 Å². The zero-order valence-corrected chi connectivity index (χ0v) is 11.7. The summed E-state index contributed by atoms with van der Waals surface area (Å²) in [5.74, 6) is 0.160. The zero-order chi connectivity index (χ0) is 13.3. The van der Waals surface area contributed by atoms with Crippen molar-refractivity contribution in [2.75, 3.05) is 13.1 Å². The number of benzene rings is 1. The predicted molar refractivity (Wildman–Crippen MR) is 73.9 cm³/mol. The number of carbonyl (C=O) groups excluding carboxylic acids is 1. The van der Waals surface area contributed by atoms with E-state index >= 15 is 0 Å². The number of aryl methyl sites for hydroxylation is 2. The second-order valence-corrected chi connectivity index (χ2v) is 5.50. The van der Waals surface area contributed by atoms with E-state index in [4.69, 9.17) is 0 Å². The lowest BCUT2D eigenvalue weighted by Crippen LogP contribution is -2.55. The number of carbonyl (C=O) groups is 1. The van der Waals surface area contributed by atoms with Crippen molar-refractivity contribution in [3.63, 3.8) is 0 Å². The first-order chi connectivity index (χ1) is 8.47. The summed E-state index contributed by atoms with van der Waals surface area (Å²) in [4.78, 5) is 14.5. The Hall–Kier alpha value is -1.35. The van der Waals surface area contributed by atoms with Crippen LogP contribution in [0.15, 0.2) is 18.2 Å². The number of nitrogens with zero attached hydrogens (tertiary/aromatic N) is 1. The SMILES string of the molecule is Cc1ccc(C(=O)N2C[C@@H](C)N[C@@H](C)C2)c(C)c1. The molecule has 1 amide bonds. The van der Waals surface area contributed by atoms with Gasteiger partial charge in [-0.25, -0.2) is 0 Å². The number of rotatable bonds is 1. The van der Waals surface area contributed by atoms with E-state index in [1.54, 1.807) is 0 Å². The van der Waals surface area contributed by atoms with Crippen LogP contribution < -0.4 is 5.32 Å². The van der Waals surface area contributed by atoms with Gasteiger partial charge in [-0.1, -0.05) is 17.7 Å². The third kappa shape index (κ3) is 2.72. The molecule has 1 aromatic rings. The predicted octanol–water partition coefficient (Wildman–Crippen LogP) is 2.13. The van der Waals surface area contributed by atoms with Crippen LogP contribution in [0.5, 0.6) is 0 Å². The maximum absolute atomic E-state index is 12.5. The van der Waals surface area contributed by atoms with Gasteiger partial charge in [0.25, 0.3) is 5.91 Å². The van der Waals surface area contributed by atoms with Crippen molar-refractivity contribution < 1.29 is 4.79 Å². The topological polar surface area (TPSA) is 32.3 Å². The lowest BCUT2D eigenvalue weighted by molar-refractivity contribution is 0.0673. The molecule has 0 bridgehead atoms. The van der Waals surface area contributed by atoms with Gasteiger partial charge in [0.05, 0.1) is 0 Å². The van der Waals surface area contributed by atoms with Gasteiger partial charge >= 0.3 is 0 Å². The summed E-state index contributed by atoms with van der Waals surface area (Å²) in [5, 5.41) is 3.45. The van der Waals surface area contributed by atoms with Gasteiger partial charge in [0.15, 0.2) is 0 Å². The summed E-state index contributed by atoms with van der Waals surface area (Å²) in [6.45, 7) is 9.88. The average molecular weight is 246 g/mol. The summed E-state index contributed by atoms with van der Waals surface area (Å²) in [6.07, 6.45) is 0. The van der Waals surface area contributed by atoms with Crippen molar-refractivity contribution in [2.45, 2.75) is 39.8 Å². The molecule has 1 heterocycles. The molecule has 1 aromatic carbocycles. The molecule has 2 rings (SSSR count). The first kappa shape index (κ1) is 13.1. The Kier molecular flexibility index (Phi) is 3.71. The van der Waals surface area contributed by atoms with Crippen LogP contribution >= 0.6 is 0 Å². The molecule has 1 N–H and O–H groups in total. The molecule has 0 unspecified atom stereocenters. The standard InChI is InChI=1S/C15H22N2O/c1-10-5-6-14(11(2)7-10)15(18)17-8-12(3)16-13(4)9-17/h5-7,12-13,16H,8-9H2,1-4H3/t12-,13+. The second kappa shape index (κ2) is 5.11. The highest BCUT2D eigenvalue weighted by Gasteiger charge is 2.26. The van der Waals surface area contributed by atoms with Gasteiger partial charge in [-0.15, -0.1) is 0 Å². The molecule has 0 saturated carbocycles. The quantitative estimate of drug-likeness (QED) is 0.823. The molecule has 3 heteroatoms. The zero-order valence-electron chi connectivity index (χ0n) is 11.7. The lowest BCUT2D eigenvalue weighted by Gasteiger charge is -2.36. The van der Waals surface area contributed by atoms with Crippen molar-refractivity contribution in [1.82, 2.24) is 10.2 Å². The fourth-order valence-electron chi connectivity index (χ4n) is 2.72. The molecule has 1 aliphatic heterocycles. The minimum atomic E-state index is 0.160. The fourth-order valence-corrected chi connectivity index (χ4v) is 2.72. The van der Waals surface area contributed by atoms with Crippen LogP contribution in [0.1, 0.15) is 35.3 Å². The largest absolute Gasteiger partial charge is 0.336 e. The molecule has 0 spiro atoms. The van der Waals surface area contributed by atoms with Crippen molar-refractivity contribution in [1.29, 1.82) is 0 Å². The normalized spacial score (nSPS) is 24.1. The van der Waals surface area contributed by atoms with E-state index in [0.717, 1.165) is 24.2 Å². The van der Waals surface area contributed by atoms with Gasteiger partial charge in [0, 0.05) is 30.7 Å². The van der Waals surface area contributed by atoms with Crippen molar-refractivity contribution >= 4 is 5.91 Å². The molecule has 1 aliphatic rings.